The van der Waals surface area contributed by atoms with E-state index in [9.17, 15) is 15.3 Å². The Kier molecular flexibility index (Phi) is 7.77. The lowest BCUT2D eigenvalue weighted by Crippen LogP contribution is -2.59. The van der Waals surface area contributed by atoms with E-state index in [1.165, 1.54) is 0 Å². The van der Waals surface area contributed by atoms with E-state index in [1.807, 2.05) is 0 Å². The molecule has 6 N–H and O–H groups in total. The van der Waals surface area contributed by atoms with Crippen LogP contribution >= 0.6 is 0 Å². The second-order valence-corrected chi connectivity index (χ2v) is 4.77. The molecule has 0 unspecified atom stereocenters. The van der Waals surface area contributed by atoms with Crippen molar-refractivity contribution in [3.63, 3.8) is 0 Å². The summed E-state index contributed by atoms with van der Waals surface area (Å²) in [5, 5.41) is 37.8. The maximum atomic E-state index is 9.70. The SMILES string of the molecule is NCCCCCCO[C@@H]1O[C@H](CO)[C@@H](O)[C@H](O)[C@H]1O. The Morgan fingerprint density at radius 1 is 0.947 bits per heavy atom. The minimum absolute atomic E-state index is 0.382. The van der Waals surface area contributed by atoms with Gasteiger partial charge >= 0.3 is 0 Å². The average Bonchev–Trinajstić information content (AvgIpc) is 2.42. The van der Waals surface area contributed by atoms with Crippen LogP contribution in [0.3, 0.4) is 0 Å². The van der Waals surface area contributed by atoms with Gasteiger partial charge in [0.15, 0.2) is 6.29 Å². The highest BCUT2D eigenvalue weighted by atomic mass is 16.7. The molecule has 0 aromatic rings. The van der Waals surface area contributed by atoms with Crippen LogP contribution in [0.1, 0.15) is 25.7 Å². The van der Waals surface area contributed by atoms with Crippen LogP contribution in [0.2, 0.25) is 0 Å². The summed E-state index contributed by atoms with van der Waals surface area (Å²) in [6.45, 7) is 0.613. The van der Waals surface area contributed by atoms with Gasteiger partial charge in [0.1, 0.15) is 24.4 Å². The van der Waals surface area contributed by atoms with E-state index in [4.69, 9.17) is 20.3 Å². The van der Waals surface area contributed by atoms with Crippen molar-refractivity contribution >= 4 is 0 Å². The summed E-state index contributed by atoms with van der Waals surface area (Å²) in [5.74, 6) is 0. The molecule has 0 aliphatic carbocycles. The Balaban J connectivity index is 2.28. The molecule has 5 atom stereocenters. The van der Waals surface area contributed by atoms with Crippen molar-refractivity contribution in [1.29, 1.82) is 0 Å². The van der Waals surface area contributed by atoms with Crippen molar-refractivity contribution < 1.29 is 29.9 Å². The largest absolute Gasteiger partial charge is 0.394 e. The van der Waals surface area contributed by atoms with Crippen LogP contribution in [0.15, 0.2) is 0 Å². The highest BCUT2D eigenvalue weighted by Gasteiger charge is 2.43. The van der Waals surface area contributed by atoms with Gasteiger partial charge in [0, 0.05) is 6.61 Å². The van der Waals surface area contributed by atoms with Crippen LogP contribution < -0.4 is 5.73 Å². The molecule has 1 saturated heterocycles. The number of nitrogens with two attached hydrogens (primary N) is 1. The van der Waals surface area contributed by atoms with E-state index in [0.29, 0.717) is 13.2 Å². The summed E-state index contributed by atoms with van der Waals surface area (Å²) < 4.78 is 10.5. The predicted molar refractivity (Wildman–Crippen MR) is 67.2 cm³/mol. The van der Waals surface area contributed by atoms with Crippen molar-refractivity contribution in [2.45, 2.75) is 56.4 Å². The van der Waals surface area contributed by atoms with E-state index < -0.39 is 37.3 Å². The first-order chi connectivity index (χ1) is 9.11. The van der Waals surface area contributed by atoms with Gasteiger partial charge in [0.05, 0.1) is 6.61 Å². The first-order valence-electron chi connectivity index (χ1n) is 6.74. The van der Waals surface area contributed by atoms with Crippen LogP contribution in [-0.2, 0) is 9.47 Å². The quantitative estimate of drug-likeness (QED) is 0.336. The third-order valence-electron chi connectivity index (χ3n) is 3.23. The predicted octanol–water partition coefficient (Wildman–Crippen LogP) is -1.68. The molecule has 19 heavy (non-hydrogen) atoms. The number of aliphatic hydroxyl groups is 4. The summed E-state index contributed by atoms with van der Waals surface area (Å²) in [4.78, 5) is 0. The standard InChI is InChI=1S/C12H25NO6/c13-5-3-1-2-4-6-18-12-11(17)10(16)9(15)8(7-14)19-12/h8-12,14-17H,1-7,13H2/t8-,9-,10+,11-,12-/m1/s1. The lowest BCUT2D eigenvalue weighted by molar-refractivity contribution is -0.301. The molecule has 0 amide bonds. The van der Waals surface area contributed by atoms with Gasteiger partial charge in [-0.2, -0.15) is 0 Å². The van der Waals surface area contributed by atoms with E-state index >= 15 is 0 Å². The zero-order chi connectivity index (χ0) is 14.3. The topological polar surface area (TPSA) is 125 Å². The lowest BCUT2D eigenvalue weighted by atomic mass is 9.99. The molecule has 1 fully saturated rings. The van der Waals surface area contributed by atoms with Crippen LogP contribution in [0, 0.1) is 0 Å². The van der Waals surface area contributed by atoms with Gasteiger partial charge in [-0.15, -0.1) is 0 Å². The molecule has 1 aliphatic heterocycles. The Morgan fingerprint density at radius 3 is 2.26 bits per heavy atom. The average molecular weight is 279 g/mol. The molecule has 1 heterocycles. The van der Waals surface area contributed by atoms with Gasteiger partial charge in [-0.3, -0.25) is 0 Å². The normalized spacial score (nSPS) is 35.5. The molecule has 114 valence electrons. The highest BCUT2D eigenvalue weighted by molar-refractivity contribution is 4.88. The van der Waals surface area contributed by atoms with Crippen molar-refractivity contribution in [2.75, 3.05) is 19.8 Å². The number of aliphatic hydroxyl groups excluding tert-OH is 4. The minimum atomic E-state index is -1.38. The first-order valence-corrected chi connectivity index (χ1v) is 6.74. The lowest BCUT2D eigenvalue weighted by Gasteiger charge is -2.39. The summed E-state index contributed by atoms with van der Waals surface area (Å²) in [6, 6.07) is 0. The van der Waals surface area contributed by atoms with Gasteiger partial charge in [0.2, 0.25) is 0 Å². The molecule has 0 aromatic carbocycles. The fourth-order valence-electron chi connectivity index (χ4n) is 2.00. The summed E-state index contributed by atoms with van der Waals surface area (Å²) >= 11 is 0. The summed E-state index contributed by atoms with van der Waals surface area (Å²) in [7, 11) is 0. The first kappa shape index (κ1) is 16.8. The Hall–Kier alpha value is -0.280. The number of hydrogen-bond donors (Lipinski definition) is 5. The minimum Gasteiger partial charge on any atom is -0.394 e. The molecule has 0 aromatic heterocycles. The molecule has 0 bridgehead atoms. The Morgan fingerprint density at radius 2 is 1.63 bits per heavy atom. The molecule has 1 rings (SSSR count). The van der Waals surface area contributed by atoms with Crippen LogP contribution in [0.25, 0.3) is 0 Å². The molecule has 0 spiro atoms. The molecule has 7 heteroatoms. The number of rotatable bonds is 8. The molecule has 0 saturated carbocycles. The number of unbranched alkanes of at least 4 members (excludes halogenated alkanes) is 3. The smallest absolute Gasteiger partial charge is 0.186 e. The Bertz CT molecular complexity index is 240. The molecule has 7 nitrogen and oxygen atoms in total. The van der Waals surface area contributed by atoms with Crippen molar-refractivity contribution in [3.05, 3.63) is 0 Å². The fourth-order valence-corrected chi connectivity index (χ4v) is 2.00. The zero-order valence-corrected chi connectivity index (χ0v) is 11.0. The maximum absolute atomic E-state index is 9.70. The third-order valence-corrected chi connectivity index (χ3v) is 3.23. The second-order valence-electron chi connectivity index (χ2n) is 4.77. The number of hydrogen-bond acceptors (Lipinski definition) is 7. The monoisotopic (exact) mass is 279 g/mol. The zero-order valence-electron chi connectivity index (χ0n) is 11.0. The van der Waals surface area contributed by atoms with Crippen molar-refractivity contribution in [2.24, 2.45) is 5.73 Å². The number of ether oxygens (including phenoxy) is 2. The van der Waals surface area contributed by atoms with Gasteiger partial charge in [-0.05, 0) is 19.4 Å². The van der Waals surface area contributed by atoms with Crippen molar-refractivity contribution in [1.82, 2.24) is 0 Å². The van der Waals surface area contributed by atoms with E-state index in [-0.39, 0.29) is 0 Å². The molecular formula is C12H25NO6. The van der Waals surface area contributed by atoms with Gasteiger partial charge in [-0.25, -0.2) is 0 Å². The van der Waals surface area contributed by atoms with Crippen LogP contribution in [-0.4, -0.2) is 70.9 Å². The van der Waals surface area contributed by atoms with E-state index in [1.54, 1.807) is 0 Å². The highest BCUT2D eigenvalue weighted by Crippen LogP contribution is 2.22. The third kappa shape index (κ3) is 4.96. The molecular weight excluding hydrogens is 254 g/mol. The summed E-state index contributed by atoms with van der Waals surface area (Å²) in [5.41, 5.74) is 5.38. The van der Waals surface area contributed by atoms with Gasteiger partial charge in [-0.1, -0.05) is 12.8 Å². The van der Waals surface area contributed by atoms with E-state index in [0.717, 1.165) is 25.7 Å². The second kappa shape index (κ2) is 8.80. The van der Waals surface area contributed by atoms with Gasteiger partial charge < -0.3 is 35.6 Å². The summed E-state index contributed by atoms with van der Waals surface area (Å²) in [6.07, 6.45) is -2.22. The fraction of sp³-hybridized carbons (Fsp3) is 1.00. The van der Waals surface area contributed by atoms with E-state index in [2.05, 4.69) is 0 Å². The molecule has 1 aliphatic rings. The van der Waals surface area contributed by atoms with Crippen LogP contribution in [0.4, 0.5) is 0 Å². The Labute approximate surface area is 112 Å². The maximum Gasteiger partial charge on any atom is 0.186 e. The van der Waals surface area contributed by atoms with Gasteiger partial charge in [0.25, 0.3) is 0 Å². The van der Waals surface area contributed by atoms with Crippen molar-refractivity contribution in [3.8, 4) is 0 Å². The van der Waals surface area contributed by atoms with Crippen LogP contribution in [0.5, 0.6) is 0 Å². The molecule has 0 radical (unpaired) electrons.